The molecule has 7 nitrogen and oxygen atoms in total. The lowest BCUT2D eigenvalue weighted by Crippen LogP contribution is -2.35. The van der Waals surface area contributed by atoms with E-state index in [4.69, 9.17) is 4.42 Å². The van der Waals surface area contributed by atoms with Gasteiger partial charge < -0.3 is 14.6 Å². The number of aryl methyl sites for hydroxylation is 1. The highest BCUT2D eigenvalue weighted by atomic mass is 32.2. The van der Waals surface area contributed by atoms with Gasteiger partial charge in [0.25, 0.3) is 0 Å². The number of ketones is 1. The van der Waals surface area contributed by atoms with Gasteiger partial charge in [-0.1, -0.05) is 6.92 Å². The molecule has 3 aliphatic rings. The van der Waals surface area contributed by atoms with Crippen molar-refractivity contribution in [3.8, 4) is 11.5 Å². The number of phenolic OH excluding ortho intramolecular Hbond substituents is 2. The SMILES string of the molecule is CC12CCCc3coc(c31)C(=O)c1cc3c(O)c4c(c(O)c3cc12)N=CCS4(=O)=O. The minimum atomic E-state index is -3.85. The third kappa shape index (κ3) is 1.92. The van der Waals surface area contributed by atoms with Gasteiger partial charge in [-0.05, 0) is 42.5 Å². The fraction of sp³-hybridized carbons (Fsp3) is 0.273. The molecule has 0 radical (unpaired) electrons. The van der Waals surface area contributed by atoms with E-state index in [0.717, 1.165) is 36.0 Å². The molecule has 3 aromatic rings. The molecule has 1 aliphatic heterocycles. The van der Waals surface area contributed by atoms with Gasteiger partial charge in [-0.25, -0.2) is 8.42 Å². The third-order valence-corrected chi connectivity index (χ3v) is 8.33. The zero-order chi connectivity index (χ0) is 21.0. The van der Waals surface area contributed by atoms with Crippen molar-refractivity contribution in [3.63, 3.8) is 0 Å². The molecule has 0 fully saturated rings. The van der Waals surface area contributed by atoms with Crippen LogP contribution in [0.15, 0.2) is 32.7 Å². The van der Waals surface area contributed by atoms with Crippen LogP contribution in [0.25, 0.3) is 10.8 Å². The first-order chi connectivity index (χ1) is 14.2. The molecular formula is C22H17NO6S. The lowest BCUT2D eigenvalue weighted by atomic mass is 9.63. The molecule has 30 heavy (non-hydrogen) atoms. The van der Waals surface area contributed by atoms with Gasteiger partial charge >= 0.3 is 0 Å². The van der Waals surface area contributed by atoms with Crippen LogP contribution in [0.1, 0.15) is 52.6 Å². The number of phenols is 2. The van der Waals surface area contributed by atoms with E-state index in [1.165, 1.54) is 12.3 Å². The van der Waals surface area contributed by atoms with E-state index >= 15 is 0 Å². The van der Waals surface area contributed by atoms with Crippen LogP contribution in [0.2, 0.25) is 0 Å². The summed E-state index contributed by atoms with van der Waals surface area (Å²) in [6.45, 7) is 2.05. The summed E-state index contributed by atoms with van der Waals surface area (Å²) in [6, 6.07) is 3.17. The van der Waals surface area contributed by atoms with Crippen molar-refractivity contribution in [2.75, 3.05) is 5.75 Å². The first kappa shape index (κ1) is 17.7. The Hall–Kier alpha value is -3.13. The summed E-state index contributed by atoms with van der Waals surface area (Å²) in [6.07, 6.45) is 5.43. The molecule has 2 aromatic carbocycles. The molecule has 1 unspecified atom stereocenters. The van der Waals surface area contributed by atoms with Crippen molar-refractivity contribution >= 4 is 38.3 Å². The van der Waals surface area contributed by atoms with E-state index in [0.29, 0.717) is 11.3 Å². The van der Waals surface area contributed by atoms with Crippen LogP contribution in [-0.2, 0) is 21.7 Å². The summed E-state index contributed by atoms with van der Waals surface area (Å²) >= 11 is 0. The molecule has 0 amide bonds. The summed E-state index contributed by atoms with van der Waals surface area (Å²) in [5.74, 6) is -1.17. The van der Waals surface area contributed by atoms with Crippen molar-refractivity contribution < 1.29 is 27.8 Å². The molecule has 0 saturated heterocycles. The van der Waals surface area contributed by atoms with Crippen LogP contribution in [0, 0.1) is 0 Å². The van der Waals surface area contributed by atoms with Crippen LogP contribution in [0.5, 0.6) is 11.5 Å². The Kier molecular flexibility index (Phi) is 3.14. The van der Waals surface area contributed by atoms with Gasteiger partial charge in [-0.3, -0.25) is 9.79 Å². The number of furan rings is 1. The Balaban J connectivity index is 1.76. The number of carbonyl (C=O) groups excluding carboxylic acids is 1. The molecule has 0 saturated carbocycles. The van der Waals surface area contributed by atoms with Crippen LogP contribution in [-0.4, -0.2) is 36.4 Å². The fourth-order valence-corrected chi connectivity index (χ4v) is 6.61. The molecule has 2 heterocycles. The summed E-state index contributed by atoms with van der Waals surface area (Å²) in [5.41, 5.74) is 2.38. The monoisotopic (exact) mass is 423 g/mol. The highest BCUT2D eigenvalue weighted by molar-refractivity contribution is 7.92. The first-order valence-electron chi connectivity index (χ1n) is 9.71. The minimum Gasteiger partial charge on any atom is -0.506 e. The van der Waals surface area contributed by atoms with E-state index in [2.05, 4.69) is 11.9 Å². The van der Waals surface area contributed by atoms with Crippen molar-refractivity contribution in [1.29, 1.82) is 0 Å². The molecule has 2 N–H and O–H groups in total. The summed E-state index contributed by atoms with van der Waals surface area (Å²) in [5, 5.41) is 22.1. The number of aliphatic imine (C=N–C) groups is 1. The molecule has 0 bridgehead atoms. The van der Waals surface area contributed by atoms with Gasteiger partial charge in [0.2, 0.25) is 5.78 Å². The van der Waals surface area contributed by atoms with Crippen molar-refractivity contribution in [2.45, 2.75) is 36.5 Å². The Morgan fingerprint density at radius 3 is 2.73 bits per heavy atom. The zero-order valence-electron chi connectivity index (χ0n) is 16.0. The standard InChI is InChI=1S/C22H17NO6S/c1-22-4-2-3-10-9-29-20(15(10)22)18(25)13-7-11-12(8-14(13)22)17(24)16-21(19(11)26)30(27,28)6-5-23-16/h5,7-9,24,26H,2-4,6H2,1H3. The summed E-state index contributed by atoms with van der Waals surface area (Å²) < 4.78 is 30.7. The highest BCUT2D eigenvalue weighted by Crippen LogP contribution is 2.54. The largest absolute Gasteiger partial charge is 0.506 e. The van der Waals surface area contributed by atoms with Gasteiger partial charge in [0.1, 0.15) is 16.3 Å². The van der Waals surface area contributed by atoms with E-state index in [9.17, 15) is 23.4 Å². The maximum Gasteiger partial charge on any atom is 0.228 e. The molecule has 8 heteroatoms. The maximum atomic E-state index is 13.2. The van der Waals surface area contributed by atoms with Gasteiger partial charge in [0, 0.05) is 33.5 Å². The summed E-state index contributed by atoms with van der Waals surface area (Å²) in [7, 11) is -3.85. The Bertz CT molecular complexity index is 1460. The normalized spacial score (nSPS) is 23.2. The van der Waals surface area contributed by atoms with Crippen LogP contribution >= 0.6 is 0 Å². The predicted molar refractivity (Wildman–Crippen MR) is 109 cm³/mol. The smallest absolute Gasteiger partial charge is 0.228 e. The maximum absolute atomic E-state index is 13.2. The zero-order valence-corrected chi connectivity index (χ0v) is 16.8. The van der Waals surface area contributed by atoms with E-state index in [-0.39, 0.29) is 33.7 Å². The highest BCUT2D eigenvalue weighted by Gasteiger charge is 2.46. The number of nitrogens with zero attached hydrogens (tertiary/aromatic N) is 1. The van der Waals surface area contributed by atoms with Crippen LogP contribution in [0.3, 0.4) is 0 Å². The van der Waals surface area contributed by atoms with E-state index in [1.807, 2.05) is 0 Å². The lowest BCUT2D eigenvalue weighted by Gasteiger charge is -2.39. The molecule has 2 aliphatic carbocycles. The fourth-order valence-electron chi connectivity index (χ4n) is 5.33. The Morgan fingerprint density at radius 1 is 1.17 bits per heavy atom. The van der Waals surface area contributed by atoms with Crippen molar-refractivity contribution in [2.24, 2.45) is 4.99 Å². The molecule has 1 atom stereocenters. The quantitative estimate of drug-likeness (QED) is 0.534. The van der Waals surface area contributed by atoms with E-state index < -0.39 is 25.9 Å². The number of fused-ring (bicyclic) bond motifs is 4. The van der Waals surface area contributed by atoms with Gasteiger partial charge in [-0.2, -0.15) is 0 Å². The second kappa shape index (κ2) is 5.31. The number of aromatic hydroxyl groups is 2. The third-order valence-electron chi connectivity index (χ3n) is 6.73. The number of sulfone groups is 1. The topological polar surface area (TPSA) is 117 Å². The molecule has 152 valence electrons. The number of benzene rings is 2. The average molecular weight is 423 g/mol. The van der Waals surface area contributed by atoms with Crippen LogP contribution < -0.4 is 0 Å². The van der Waals surface area contributed by atoms with Crippen molar-refractivity contribution in [3.05, 3.63) is 46.4 Å². The Labute approximate surface area is 171 Å². The van der Waals surface area contributed by atoms with Gasteiger partial charge in [0.05, 0.1) is 12.0 Å². The molecular weight excluding hydrogens is 406 g/mol. The van der Waals surface area contributed by atoms with Crippen molar-refractivity contribution in [1.82, 2.24) is 0 Å². The molecule has 1 aromatic heterocycles. The minimum absolute atomic E-state index is 0.105. The van der Waals surface area contributed by atoms with Gasteiger partial charge in [-0.15, -0.1) is 0 Å². The number of carbonyl (C=O) groups is 1. The predicted octanol–water partition coefficient (Wildman–Crippen LogP) is 3.52. The Morgan fingerprint density at radius 2 is 1.93 bits per heavy atom. The molecule has 0 spiro atoms. The number of hydrogen-bond donors (Lipinski definition) is 2. The van der Waals surface area contributed by atoms with Gasteiger partial charge in [0.15, 0.2) is 21.3 Å². The lowest BCUT2D eigenvalue weighted by molar-refractivity contribution is 0.0998. The van der Waals surface area contributed by atoms with Crippen LogP contribution in [0.4, 0.5) is 5.69 Å². The average Bonchev–Trinajstić information content (AvgIpc) is 3.15. The first-order valence-corrected chi connectivity index (χ1v) is 11.4. The number of rotatable bonds is 0. The van der Waals surface area contributed by atoms with E-state index in [1.54, 1.807) is 12.3 Å². The second-order valence-corrected chi connectivity index (χ2v) is 10.4. The number of hydrogen-bond acceptors (Lipinski definition) is 7. The molecule has 6 rings (SSSR count). The second-order valence-electron chi connectivity index (χ2n) is 8.39. The summed E-state index contributed by atoms with van der Waals surface area (Å²) in [4.78, 5) is 16.9.